The largest absolute Gasteiger partial charge is 0.509 e. The second-order valence-electron chi connectivity index (χ2n) is 18.7. The summed E-state index contributed by atoms with van der Waals surface area (Å²) >= 11 is 0. The van der Waals surface area contributed by atoms with Crippen molar-refractivity contribution in [3.05, 3.63) is 248 Å². The van der Waals surface area contributed by atoms with Crippen LogP contribution >= 0.6 is 0 Å². The zero-order chi connectivity index (χ0) is 49.8. The fourth-order valence-corrected chi connectivity index (χ4v) is 9.72. The van der Waals surface area contributed by atoms with Crippen molar-refractivity contribution in [2.75, 3.05) is 9.80 Å². The Bertz CT molecular complexity index is 3780. The average Bonchev–Trinajstić information content (AvgIpc) is 3.96. The van der Waals surface area contributed by atoms with E-state index in [2.05, 4.69) is 183 Å². The van der Waals surface area contributed by atoms with Crippen LogP contribution in [-0.2, 0) is 26.5 Å². The Morgan fingerprint density at radius 1 is 0.521 bits per heavy atom. The number of fused-ring (bicyclic) bond motifs is 4. The second kappa shape index (κ2) is 18.7. The fraction of sp³-hybridized carbons (Fsp3) is 0.0769. The van der Waals surface area contributed by atoms with Crippen LogP contribution in [0.3, 0.4) is 0 Å². The van der Waals surface area contributed by atoms with Crippen LogP contribution in [0.1, 0.15) is 36.0 Å². The minimum atomic E-state index is -2.42. The van der Waals surface area contributed by atoms with Gasteiger partial charge in [0.15, 0.2) is 0 Å². The molecule has 0 aliphatic carbocycles. The summed E-state index contributed by atoms with van der Waals surface area (Å²) in [6.45, 7) is 6.21. The minimum Gasteiger partial charge on any atom is -0.509 e. The molecule has 0 radical (unpaired) electrons. The van der Waals surface area contributed by atoms with Crippen LogP contribution in [0.2, 0.25) is 0 Å². The summed E-state index contributed by atoms with van der Waals surface area (Å²) in [4.78, 5) is 9.46. The van der Waals surface area contributed by atoms with E-state index in [4.69, 9.17) is 13.8 Å². The molecular formula is C65H49N4OPt-3. The van der Waals surface area contributed by atoms with Crippen molar-refractivity contribution in [2.24, 2.45) is 0 Å². The molecule has 0 fully saturated rings. The number of hydrogen-bond donors (Lipinski definition) is 0. The molecule has 1 aliphatic heterocycles. The molecule has 2 aromatic heterocycles. The maximum Gasteiger partial charge on any atom is 0.135 e. The number of nitrogens with zero attached hydrogens (tertiary/aromatic N) is 4. The summed E-state index contributed by atoms with van der Waals surface area (Å²) < 4.78 is 35.0. The first-order valence-electron chi connectivity index (χ1n) is 25.1. The van der Waals surface area contributed by atoms with Gasteiger partial charge in [0.1, 0.15) is 5.82 Å². The van der Waals surface area contributed by atoms with Crippen LogP contribution < -0.4 is 14.5 Å². The van der Waals surface area contributed by atoms with Crippen LogP contribution in [-0.4, -0.2) is 9.55 Å². The Balaban J connectivity index is 0.00000588. The van der Waals surface area contributed by atoms with E-state index in [1.807, 2.05) is 77.4 Å². The summed E-state index contributed by atoms with van der Waals surface area (Å²) in [6, 6.07) is 79.5. The minimum absolute atomic E-state index is 0. The third-order valence-electron chi connectivity index (χ3n) is 13.2. The van der Waals surface area contributed by atoms with Crippen LogP contribution in [0.25, 0.3) is 72.1 Å². The van der Waals surface area contributed by atoms with Crippen molar-refractivity contribution >= 4 is 44.6 Å². The van der Waals surface area contributed by atoms with E-state index in [1.165, 1.54) is 5.56 Å². The van der Waals surface area contributed by atoms with Gasteiger partial charge in [-0.2, -0.15) is 12.1 Å². The fourth-order valence-electron chi connectivity index (χ4n) is 9.72. The third kappa shape index (κ3) is 8.51. The van der Waals surface area contributed by atoms with Gasteiger partial charge in [0.2, 0.25) is 0 Å². The molecule has 0 saturated carbocycles. The number of anilines is 4. The van der Waals surface area contributed by atoms with Crippen molar-refractivity contribution in [3.63, 3.8) is 0 Å². The molecule has 11 aromatic rings. The SMILES string of the molecule is [2H]C([2H])([2H])c1cc(-n2c3[c-]c(Oc4[c-]c(N5[CH-]N(c6c(-c7ccccc7)cccc6-c6ccccc6)c6ccccc65)ccc4)ccc3c3cc(-c4ccccc4)ccc32)ncc1-c1ccc(C(C)(C)C)cc1.[Pt]. The summed E-state index contributed by atoms with van der Waals surface area (Å²) in [5.74, 6) is 1.44. The molecule has 0 unspecified atom stereocenters. The number of aryl methyl sites for hydroxylation is 1. The summed E-state index contributed by atoms with van der Waals surface area (Å²) in [5, 5.41) is 1.90. The maximum absolute atomic E-state index is 8.76. The summed E-state index contributed by atoms with van der Waals surface area (Å²) in [7, 11) is 0. The number of para-hydroxylation sites is 3. The Hall–Kier alpha value is -7.98. The number of hydrogen-bond acceptors (Lipinski definition) is 4. The Morgan fingerprint density at radius 2 is 1.11 bits per heavy atom. The van der Waals surface area contributed by atoms with Crippen LogP contribution in [0.5, 0.6) is 11.5 Å². The van der Waals surface area contributed by atoms with Gasteiger partial charge in [-0.15, -0.1) is 48.1 Å². The third-order valence-corrected chi connectivity index (χ3v) is 13.2. The average molecular weight is 1100 g/mol. The Kier molecular flexibility index (Phi) is 11.1. The zero-order valence-corrected chi connectivity index (χ0v) is 41.6. The molecule has 0 N–H and O–H groups in total. The molecule has 0 amide bonds. The zero-order valence-electron chi connectivity index (χ0n) is 42.4. The van der Waals surface area contributed by atoms with Gasteiger partial charge in [0.25, 0.3) is 0 Å². The molecule has 0 bridgehead atoms. The first-order valence-corrected chi connectivity index (χ1v) is 23.6. The van der Waals surface area contributed by atoms with E-state index in [0.29, 0.717) is 28.4 Å². The van der Waals surface area contributed by atoms with Crippen LogP contribution in [0.15, 0.2) is 219 Å². The smallest absolute Gasteiger partial charge is 0.135 e. The number of ether oxygens (including phenoxy) is 1. The van der Waals surface area contributed by atoms with E-state index in [0.717, 1.165) is 78.0 Å². The standard InChI is InChI=1S/C65H49N4O.Pt/c1-44-38-63(66-42-58(44)48-30-33-50(34-31-48)65(2,3)4)69-59-37-32-49(45-18-8-5-9-19-45)39-57(59)56-36-35-53(41-62(56)69)70-52-25-16-24-51(40-52)67-43-68(61-29-15-14-28-60(61)67)64-54(46-20-10-6-11-21-46)26-17-27-55(64)47-22-12-7-13-23-47;/h5-39,42-43H,1-4H3;/q-3;/i1D3;. The molecule has 0 spiro atoms. The quantitative estimate of drug-likeness (QED) is 0.135. The van der Waals surface area contributed by atoms with Gasteiger partial charge < -0.3 is 19.1 Å². The van der Waals surface area contributed by atoms with E-state index in [9.17, 15) is 0 Å². The molecule has 9 aromatic carbocycles. The molecule has 0 saturated heterocycles. The van der Waals surface area contributed by atoms with Crippen molar-refractivity contribution < 1.29 is 29.9 Å². The van der Waals surface area contributed by atoms with E-state index in [-0.39, 0.29) is 32.0 Å². The van der Waals surface area contributed by atoms with Crippen molar-refractivity contribution in [2.45, 2.75) is 33.0 Å². The summed E-state index contributed by atoms with van der Waals surface area (Å²) in [5.41, 5.74) is 14.8. The molecule has 0 atom stereocenters. The Morgan fingerprint density at radius 3 is 1.77 bits per heavy atom. The number of pyridine rings is 1. The molecule has 12 rings (SSSR count). The predicted octanol–water partition coefficient (Wildman–Crippen LogP) is 17.3. The maximum atomic E-state index is 8.76. The normalized spacial score (nSPS) is 13.1. The topological polar surface area (TPSA) is 33.5 Å². The van der Waals surface area contributed by atoms with Gasteiger partial charge in [-0.25, -0.2) is 4.98 Å². The van der Waals surface area contributed by atoms with Crippen LogP contribution in [0.4, 0.5) is 22.7 Å². The molecule has 6 heteroatoms. The Labute approximate surface area is 434 Å². The van der Waals surface area contributed by atoms with Crippen LogP contribution in [0, 0.1) is 25.7 Å². The van der Waals surface area contributed by atoms with Crippen molar-refractivity contribution in [1.29, 1.82) is 0 Å². The monoisotopic (exact) mass is 1100 g/mol. The molecule has 3 heterocycles. The molecule has 71 heavy (non-hydrogen) atoms. The van der Waals surface area contributed by atoms with Crippen molar-refractivity contribution in [1.82, 2.24) is 9.55 Å². The van der Waals surface area contributed by atoms with Gasteiger partial charge >= 0.3 is 0 Å². The van der Waals surface area contributed by atoms with E-state index >= 15 is 0 Å². The predicted molar refractivity (Wildman–Crippen MR) is 289 cm³/mol. The van der Waals surface area contributed by atoms with Gasteiger partial charge in [-0.1, -0.05) is 184 Å². The van der Waals surface area contributed by atoms with Gasteiger partial charge in [0, 0.05) is 82.1 Å². The van der Waals surface area contributed by atoms with E-state index < -0.39 is 6.85 Å². The molecule has 5 nitrogen and oxygen atoms in total. The van der Waals surface area contributed by atoms with Gasteiger partial charge in [-0.05, 0) is 80.9 Å². The van der Waals surface area contributed by atoms with Gasteiger partial charge in [-0.3, -0.25) is 0 Å². The molecule has 1 aliphatic rings. The second-order valence-corrected chi connectivity index (χ2v) is 18.7. The first kappa shape index (κ1) is 41.9. The number of aromatic nitrogens is 2. The van der Waals surface area contributed by atoms with Gasteiger partial charge in [0.05, 0.1) is 0 Å². The van der Waals surface area contributed by atoms with E-state index in [1.54, 1.807) is 12.3 Å². The number of rotatable bonds is 9. The first-order chi connectivity index (χ1) is 35.5. The summed E-state index contributed by atoms with van der Waals surface area (Å²) in [6.07, 6.45) is 1.69. The number of benzene rings is 9. The van der Waals surface area contributed by atoms with Crippen molar-refractivity contribution in [3.8, 4) is 61.8 Å². The molecular weight excluding hydrogens is 1050 g/mol. The molecule has 348 valence electrons.